The van der Waals surface area contributed by atoms with Crippen LogP contribution in [0.4, 0.5) is 4.39 Å². The summed E-state index contributed by atoms with van der Waals surface area (Å²) in [5, 5.41) is 11.2. The molecule has 0 saturated heterocycles. The number of rotatable bonds is 7. The lowest BCUT2D eigenvalue weighted by atomic mass is 10.2. The number of aromatic amines is 1. The van der Waals surface area contributed by atoms with E-state index in [1.807, 2.05) is 18.4 Å². The van der Waals surface area contributed by atoms with Gasteiger partial charge in [-0.3, -0.25) is 9.36 Å². The molecule has 1 N–H and O–H groups in total. The van der Waals surface area contributed by atoms with Crippen LogP contribution in [-0.2, 0) is 6.54 Å². The van der Waals surface area contributed by atoms with Crippen molar-refractivity contribution in [2.24, 2.45) is 0 Å². The van der Waals surface area contributed by atoms with Crippen molar-refractivity contribution in [1.29, 1.82) is 0 Å². The molecule has 1 atom stereocenters. The number of halogens is 1. The first-order chi connectivity index (χ1) is 16.1. The van der Waals surface area contributed by atoms with Crippen LogP contribution in [0.3, 0.4) is 0 Å². The van der Waals surface area contributed by atoms with E-state index in [0.29, 0.717) is 44.9 Å². The summed E-state index contributed by atoms with van der Waals surface area (Å²) in [5.74, 6) is 1.19. The summed E-state index contributed by atoms with van der Waals surface area (Å²) in [7, 11) is 0. The fraction of sp³-hybridized carbons (Fsp3) is 0.130. The highest BCUT2D eigenvalue weighted by molar-refractivity contribution is 7.99. The molecule has 0 bridgehead atoms. The maximum absolute atomic E-state index is 14.4. The third kappa shape index (κ3) is 3.91. The minimum atomic E-state index is -0.374. The number of thiophene rings is 1. The molecule has 0 fully saturated rings. The first-order valence-electron chi connectivity index (χ1n) is 10.1. The molecular weight excluding hydrogens is 461 g/mol. The first-order valence-corrected chi connectivity index (χ1v) is 11.8. The van der Waals surface area contributed by atoms with Crippen molar-refractivity contribution in [2.75, 3.05) is 0 Å². The van der Waals surface area contributed by atoms with Crippen molar-refractivity contribution in [3.8, 4) is 22.7 Å². The number of nitrogens with zero attached hydrogens (tertiary/aromatic N) is 4. The molecule has 10 heteroatoms. The largest absolute Gasteiger partial charge is 0.464 e. The highest BCUT2D eigenvalue weighted by Crippen LogP contribution is 2.36. The highest BCUT2D eigenvalue weighted by Gasteiger charge is 2.22. The molecule has 0 aliphatic rings. The summed E-state index contributed by atoms with van der Waals surface area (Å²) in [6.07, 6.45) is 3.28. The Morgan fingerprint density at radius 3 is 2.88 bits per heavy atom. The molecule has 0 radical (unpaired) electrons. The van der Waals surface area contributed by atoms with E-state index >= 15 is 0 Å². The van der Waals surface area contributed by atoms with Crippen LogP contribution in [0, 0.1) is 5.82 Å². The van der Waals surface area contributed by atoms with Crippen LogP contribution in [0.1, 0.15) is 18.0 Å². The Morgan fingerprint density at radius 1 is 1.27 bits per heavy atom. The molecule has 166 valence electrons. The molecule has 4 heterocycles. The maximum atomic E-state index is 14.4. The number of fused-ring (bicyclic) bond motifs is 1. The molecule has 0 aliphatic carbocycles. The van der Waals surface area contributed by atoms with Crippen LogP contribution in [0.2, 0.25) is 0 Å². The molecule has 5 rings (SSSR count). The van der Waals surface area contributed by atoms with Crippen LogP contribution < -0.4 is 5.56 Å². The van der Waals surface area contributed by atoms with Gasteiger partial charge in [0.15, 0.2) is 11.0 Å². The lowest BCUT2D eigenvalue weighted by molar-refractivity contribution is 0.583. The quantitative estimate of drug-likeness (QED) is 0.239. The second-order valence-electron chi connectivity index (χ2n) is 7.20. The molecule has 33 heavy (non-hydrogen) atoms. The van der Waals surface area contributed by atoms with Crippen molar-refractivity contribution in [1.82, 2.24) is 24.7 Å². The van der Waals surface area contributed by atoms with Crippen LogP contribution >= 0.6 is 23.1 Å². The molecule has 0 aliphatic heterocycles. The number of H-pyrrole nitrogens is 1. The molecule has 0 saturated carbocycles. The highest BCUT2D eigenvalue weighted by atomic mass is 32.2. The Balaban J connectivity index is 1.49. The molecule has 1 unspecified atom stereocenters. The minimum Gasteiger partial charge on any atom is -0.464 e. The van der Waals surface area contributed by atoms with Gasteiger partial charge in [0, 0.05) is 17.5 Å². The predicted molar refractivity (Wildman–Crippen MR) is 128 cm³/mol. The van der Waals surface area contributed by atoms with Crippen LogP contribution in [0.5, 0.6) is 0 Å². The zero-order valence-corrected chi connectivity index (χ0v) is 19.1. The SMILES string of the molecule is C=CCn1c(SC(C)c2nc3scc(-c4ccco4)c3c(=O)[nH]2)nnc1-c1ccccc1F. The van der Waals surface area contributed by atoms with Gasteiger partial charge in [0.1, 0.15) is 22.2 Å². The second kappa shape index (κ2) is 8.80. The number of aromatic nitrogens is 5. The molecule has 7 nitrogen and oxygen atoms in total. The Kier molecular flexibility index (Phi) is 5.69. The molecule has 0 spiro atoms. The Morgan fingerprint density at radius 2 is 2.12 bits per heavy atom. The van der Waals surface area contributed by atoms with E-state index in [9.17, 15) is 9.18 Å². The van der Waals surface area contributed by atoms with Gasteiger partial charge in [0.2, 0.25) is 0 Å². The number of nitrogens with one attached hydrogen (secondary N) is 1. The standard InChI is InChI=1S/C23H18FN5O2S2/c1-3-10-29-20(14-7-4-5-8-16(14)24)27-28-23(29)33-13(2)19-25-21(30)18-15(12-32-22(18)26-19)17-9-6-11-31-17/h3-9,11-13H,1,10H2,2H3,(H,25,26,30). The van der Waals surface area contributed by atoms with Gasteiger partial charge in [-0.05, 0) is 31.2 Å². The minimum absolute atomic E-state index is 0.227. The Bertz CT molecular complexity index is 1500. The van der Waals surface area contributed by atoms with Crippen molar-refractivity contribution in [2.45, 2.75) is 23.9 Å². The van der Waals surface area contributed by atoms with Gasteiger partial charge < -0.3 is 9.40 Å². The summed E-state index contributed by atoms with van der Waals surface area (Å²) >= 11 is 2.77. The molecule has 0 amide bonds. The molecule has 1 aromatic carbocycles. The van der Waals surface area contributed by atoms with Crippen molar-refractivity contribution in [3.63, 3.8) is 0 Å². The van der Waals surface area contributed by atoms with E-state index in [-0.39, 0.29) is 16.6 Å². The summed E-state index contributed by atoms with van der Waals surface area (Å²) in [6.45, 7) is 6.13. The maximum Gasteiger partial charge on any atom is 0.260 e. The number of furan rings is 1. The van der Waals surface area contributed by atoms with Crippen molar-refractivity contribution in [3.05, 3.63) is 82.7 Å². The summed E-state index contributed by atoms with van der Waals surface area (Å²) in [5.41, 5.74) is 0.860. The fourth-order valence-electron chi connectivity index (χ4n) is 3.50. The zero-order chi connectivity index (χ0) is 22.9. The Hall–Kier alpha value is -3.50. The lowest BCUT2D eigenvalue weighted by Gasteiger charge is -2.12. The van der Waals surface area contributed by atoms with E-state index < -0.39 is 0 Å². The Labute approximate surface area is 196 Å². The lowest BCUT2D eigenvalue weighted by Crippen LogP contribution is -2.12. The average molecular weight is 480 g/mol. The summed E-state index contributed by atoms with van der Waals surface area (Å²) in [4.78, 5) is 21.1. The summed E-state index contributed by atoms with van der Waals surface area (Å²) in [6, 6.07) is 10.0. The van der Waals surface area contributed by atoms with E-state index in [1.165, 1.54) is 29.2 Å². The van der Waals surface area contributed by atoms with Crippen LogP contribution in [0.25, 0.3) is 32.9 Å². The van der Waals surface area contributed by atoms with Gasteiger partial charge in [-0.1, -0.05) is 30.0 Å². The summed E-state index contributed by atoms with van der Waals surface area (Å²) < 4.78 is 21.6. The topological polar surface area (TPSA) is 89.6 Å². The van der Waals surface area contributed by atoms with E-state index in [4.69, 9.17) is 4.42 Å². The second-order valence-corrected chi connectivity index (χ2v) is 9.37. The third-order valence-electron chi connectivity index (χ3n) is 5.06. The van der Waals surface area contributed by atoms with Gasteiger partial charge >= 0.3 is 0 Å². The number of thioether (sulfide) groups is 1. The van der Waals surface area contributed by atoms with Gasteiger partial charge in [-0.15, -0.1) is 28.1 Å². The van der Waals surface area contributed by atoms with E-state index in [2.05, 4.69) is 26.7 Å². The fourth-order valence-corrected chi connectivity index (χ4v) is 5.35. The number of benzene rings is 1. The smallest absolute Gasteiger partial charge is 0.260 e. The van der Waals surface area contributed by atoms with Crippen molar-refractivity contribution >= 4 is 33.3 Å². The third-order valence-corrected chi connectivity index (χ3v) is 7.02. The average Bonchev–Trinajstić information content (AvgIpc) is 3.55. The van der Waals surface area contributed by atoms with Gasteiger partial charge in [-0.2, -0.15) is 0 Å². The van der Waals surface area contributed by atoms with Crippen LogP contribution in [-0.4, -0.2) is 24.7 Å². The van der Waals surface area contributed by atoms with E-state index in [1.54, 1.807) is 41.2 Å². The predicted octanol–water partition coefficient (Wildman–Crippen LogP) is 5.68. The number of hydrogen-bond donors (Lipinski definition) is 1. The number of allylic oxidation sites excluding steroid dienone is 1. The first kappa shape index (κ1) is 21.4. The van der Waals surface area contributed by atoms with Gasteiger partial charge in [-0.25, -0.2) is 9.37 Å². The van der Waals surface area contributed by atoms with Gasteiger partial charge in [0.05, 0.1) is 22.5 Å². The molecular formula is C23H18FN5O2S2. The van der Waals surface area contributed by atoms with Gasteiger partial charge in [0.25, 0.3) is 5.56 Å². The van der Waals surface area contributed by atoms with E-state index in [0.717, 1.165) is 5.56 Å². The molecule has 4 aromatic heterocycles. The molecule has 5 aromatic rings. The zero-order valence-electron chi connectivity index (χ0n) is 17.5. The number of hydrogen-bond acceptors (Lipinski definition) is 7. The van der Waals surface area contributed by atoms with Crippen molar-refractivity contribution < 1.29 is 8.81 Å². The monoisotopic (exact) mass is 479 g/mol. The van der Waals surface area contributed by atoms with Crippen LogP contribution in [0.15, 0.2) is 75.1 Å². The normalized spacial score (nSPS) is 12.3.